The van der Waals surface area contributed by atoms with Gasteiger partial charge in [-0.2, -0.15) is 0 Å². The molecule has 1 aromatic heterocycles. The van der Waals surface area contributed by atoms with Crippen LogP contribution in [0.5, 0.6) is 0 Å². The average molecular weight is 306 g/mol. The van der Waals surface area contributed by atoms with Gasteiger partial charge in [0, 0.05) is 28.0 Å². The summed E-state index contributed by atoms with van der Waals surface area (Å²) in [4.78, 5) is 15.4. The zero-order chi connectivity index (χ0) is 13.1. The summed E-state index contributed by atoms with van der Waals surface area (Å²) in [6, 6.07) is 7.47. The number of hydrogen-bond acceptors (Lipinski definition) is 1. The molecule has 94 valence electrons. The van der Waals surface area contributed by atoms with Crippen LogP contribution < -0.4 is 0 Å². The second-order valence-electron chi connectivity index (χ2n) is 4.83. The molecule has 1 aromatic carbocycles. The smallest absolute Gasteiger partial charge is 0.194 e. The number of rotatable bonds is 4. The Labute approximate surface area is 116 Å². The quantitative estimate of drug-likeness (QED) is 0.843. The summed E-state index contributed by atoms with van der Waals surface area (Å²) < 4.78 is 0.982. The van der Waals surface area contributed by atoms with E-state index in [4.69, 9.17) is 0 Å². The molecule has 2 aromatic rings. The van der Waals surface area contributed by atoms with Crippen molar-refractivity contribution in [2.24, 2.45) is 5.92 Å². The lowest BCUT2D eigenvalue weighted by Gasteiger charge is -2.06. The maximum Gasteiger partial charge on any atom is 0.194 e. The van der Waals surface area contributed by atoms with Crippen LogP contribution in [-0.4, -0.2) is 10.8 Å². The highest BCUT2D eigenvalue weighted by atomic mass is 79.9. The molecule has 0 bridgehead atoms. The highest BCUT2D eigenvalue weighted by Gasteiger charge is 2.15. The first-order valence-corrected chi connectivity index (χ1v) is 6.83. The van der Waals surface area contributed by atoms with Crippen LogP contribution in [0.1, 0.15) is 35.3 Å². The number of carbonyl (C=O) groups is 1. The van der Waals surface area contributed by atoms with E-state index >= 15 is 0 Å². The molecule has 0 aliphatic carbocycles. The summed E-state index contributed by atoms with van der Waals surface area (Å²) in [7, 11) is 0. The van der Waals surface area contributed by atoms with Gasteiger partial charge in [0.15, 0.2) is 5.78 Å². The summed E-state index contributed by atoms with van der Waals surface area (Å²) in [5, 5.41) is 0. The van der Waals surface area contributed by atoms with Crippen molar-refractivity contribution in [1.29, 1.82) is 0 Å². The van der Waals surface area contributed by atoms with E-state index in [1.165, 1.54) is 0 Å². The van der Waals surface area contributed by atoms with Crippen molar-refractivity contribution in [3.63, 3.8) is 0 Å². The van der Waals surface area contributed by atoms with E-state index in [9.17, 15) is 4.79 Å². The Bertz CT molecular complexity index is 540. The Balaban J connectivity index is 2.28. The normalized spacial score (nSPS) is 10.9. The summed E-state index contributed by atoms with van der Waals surface area (Å²) >= 11 is 3.37. The van der Waals surface area contributed by atoms with Crippen LogP contribution in [0.15, 0.2) is 41.1 Å². The molecule has 0 unspecified atom stereocenters. The molecule has 0 aliphatic rings. The van der Waals surface area contributed by atoms with Gasteiger partial charge < -0.3 is 4.98 Å². The van der Waals surface area contributed by atoms with E-state index in [-0.39, 0.29) is 5.78 Å². The highest BCUT2D eigenvalue weighted by Crippen LogP contribution is 2.19. The van der Waals surface area contributed by atoms with E-state index in [2.05, 4.69) is 34.8 Å². The minimum Gasteiger partial charge on any atom is -0.367 e. The number of hydrogen-bond donors (Lipinski definition) is 1. The molecule has 2 rings (SSSR count). The Kier molecular flexibility index (Phi) is 4.02. The molecule has 1 N–H and O–H groups in total. The van der Waals surface area contributed by atoms with Crippen molar-refractivity contribution < 1.29 is 4.79 Å². The summed E-state index contributed by atoms with van der Waals surface area (Å²) in [6.07, 6.45) is 4.63. The third-order valence-corrected chi connectivity index (χ3v) is 3.34. The number of carbonyl (C=O) groups excluding carboxylic acids is 1. The molecule has 0 saturated heterocycles. The molecule has 0 aliphatic heterocycles. The van der Waals surface area contributed by atoms with Gasteiger partial charge >= 0.3 is 0 Å². The Morgan fingerprint density at radius 2 is 1.89 bits per heavy atom. The zero-order valence-electron chi connectivity index (χ0n) is 10.5. The molecule has 0 saturated carbocycles. The van der Waals surface area contributed by atoms with Crippen molar-refractivity contribution in [1.82, 2.24) is 4.98 Å². The predicted molar refractivity (Wildman–Crippen MR) is 76.9 cm³/mol. The van der Waals surface area contributed by atoms with E-state index in [0.29, 0.717) is 5.92 Å². The number of aromatic amines is 1. The SMILES string of the molecule is CC(C)Cc1c[nH]cc1C(=O)c1ccc(Br)cc1. The fourth-order valence-corrected chi connectivity index (χ4v) is 2.24. The Hall–Kier alpha value is -1.35. The number of nitrogens with one attached hydrogen (secondary N) is 1. The fraction of sp³-hybridized carbons (Fsp3) is 0.267. The van der Waals surface area contributed by atoms with Crippen LogP contribution >= 0.6 is 15.9 Å². The Morgan fingerprint density at radius 1 is 1.22 bits per heavy atom. The summed E-state index contributed by atoms with van der Waals surface area (Å²) in [6.45, 7) is 4.31. The van der Waals surface area contributed by atoms with Crippen LogP contribution in [0, 0.1) is 5.92 Å². The number of benzene rings is 1. The van der Waals surface area contributed by atoms with Gasteiger partial charge in [0.2, 0.25) is 0 Å². The highest BCUT2D eigenvalue weighted by molar-refractivity contribution is 9.10. The van der Waals surface area contributed by atoms with E-state index in [1.54, 1.807) is 6.20 Å². The van der Waals surface area contributed by atoms with Crippen molar-refractivity contribution in [2.75, 3.05) is 0 Å². The molecule has 1 heterocycles. The molecule has 3 heteroatoms. The number of H-pyrrole nitrogens is 1. The van der Waals surface area contributed by atoms with Gasteiger partial charge in [-0.25, -0.2) is 0 Å². The molecule has 2 nitrogen and oxygen atoms in total. The molecular formula is C15H16BrNO. The molecule has 0 atom stereocenters. The largest absolute Gasteiger partial charge is 0.367 e. The molecule has 0 fully saturated rings. The third kappa shape index (κ3) is 2.91. The van der Waals surface area contributed by atoms with Crippen molar-refractivity contribution in [3.05, 3.63) is 57.8 Å². The third-order valence-electron chi connectivity index (χ3n) is 2.81. The maximum absolute atomic E-state index is 12.4. The predicted octanol–water partition coefficient (Wildman–Crippen LogP) is 4.21. The van der Waals surface area contributed by atoms with Gasteiger partial charge in [0.1, 0.15) is 0 Å². The average Bonchev–Trinajstić information content (AvgIpc) is 2.76. The van der Waals surface area contributed by atoms with Crippen molar-refractivity contribution in [2.45, 2.75) is 20.3 Å². The molecule has 0 amide bonds. The maximum atomic E-state index is 12.4. The van der Waals surface area contributed by atoms with Crippen molar-refractivity contribution >= 4 is 21.7 Å². The fourth-order valence-electron chi connectivity index (χ4n) is 1.97. The summed E-state index contributed by atoms with van der Waals surface area (Å²) in [5.41, 5.74) is 2.60. The van der Waals surface area contributed by atoms with Gasteiger partial charge in [-0.3, -0.25) is 4.79 Å². The summed E-state index contributed by atoms with van der Waals surface area (Å²) in [5.74, 6) is 0.622. The first-order valence-electron chi connectivity index (χ1n) is 6.04. The monoisotopic (exact) mass is 305 g/mol. The second-order valence-corrected chi connectivity index (χ2v) is 5.74. The minimum atomic E-state index is 0.0828. The molecular weight excluding hydrogens is 290 g/mol. The van der Waals surface area contributed by atoms with Crippen LogP contribution in [0.25, 0.3) is 0 Å². The first-order chi connectivity index (χ1) is 8.58. The Morgan fingerprint density at radius 3 is 2.50 bits per heavy atom. The van der Waals surface area contributed by atoms with E-state index < -0.39 is 0 Å². The topological polar surface area (TPSA) is 32.9 Å². The van der Waals surface area contributed by atoms with Crippen LogP contribution in [0.4, 0.5) is 0 Å². The van der Waals surface area contributed by atoms with Crippen LogP contribution in [0.3, 0.4) is 0 Å². The zero-order valence-corrected chi connectivity index (χ0v) is 12.1. The van der Waals surface area contributed by atoms with E-state index in [0.717, 1.165) is 27.6 Å². The first kappa shape index (κ1) is 13.1. The molecule has 0 radical (unpaired) electrons. The van der Waals surface area contributed by atoms with Gasteiger partial charge in [0.25, 0.3) is 0 Å². The standard InChI is InChI=1S/C15H16BrNO/c1-10(2)7-12-8-17-9-14(12)15(18)11-3-5-13(16)6-4-11/h3-6,8-10,17H,7H2,1-2H3. The number of ketones is 1. The van der Waals surface area contributed by atoms with Crippen molar-refractivity contribution in [3.8, 4) is 0 Å². The number of halogens is 1. The molecule has 0 spiro atoms. The van der Waals surface area contributed by atoms with Gasteiger partial charge in [0.05, 0.1) is 0 Å². The van der Waals surface area contributed by atoms with Gasteiger partial charge in [-0.15, -0.1) is 0 Å². The lowest BCUT2D eigenvalue weighted by Crippen LogP contribution is -2.05. The van der Waals surface area contributed by atoms with Gasteiger partial charge in [-0.1, -0.05) is 29.8 Å². The second kappa shape index (κ2) is 5.53. The number of aromatic nitrogens is 1. The molecule has 18 heavy (non-hydrogen) atoms. The van der Waals surface area contributed by atoms with Gasteiger partial charge in [-0.05, 0) is 42.2 Å². The minimum absolute atomic E-state index is 0.0828. The lowest BCUT2D eigenvalue weighted by molar-refractivity contribution is 0.103. The van der Waals surface area contributed by atoms with E-state index in [1.807, 2.05) is 30.5 Å². The van der Waals surface area contributed by atoms with Crippen LogP contribution in [-0.2, 0) is 6.42 Å². The van der Waals surface area contributed by atoms with Crippen LogP contribution in [0.2, 0.25) is 0 Å². The lowest BCUT2D eigenvalue weighted by atomic mass is 9.97.